The molecule has 3 aromatic rings. The molecule has 1 aliphatic rings. The molecule has 3 N–H and O–H groups in total. The summed E-state index contributed by atoms with van der Waals surface area (Å²) in [7, 11) is 1.56. The molecule has 0 radical (unpaired) electrons. The molecule has 0 spiro atoms. The van der Waals surface area contributed by atoms with E-state index in [-0.39, 0.29) is 17.4 Å². The van der Waals surface area contributed by atoms with Crippen molar-refractivity contribution in [3.05, 3.63) is 76.2 Å². The molecule has 2 atom stereocenters. The summed E-state index contributed by atoms with van der Waals surface area (Å²) < 4.78 is 11.8. The minimum Gasteiger partial charge on any atom is -0.495 e. The van der Waals surface area contributed by atoms with E-state index in [1.165, 1.54) is 0 Å². The number of ether oxygens (including phenoxy) is 2. The number of anilines is 1. The Kier molecular flexibility index (Phi) is 9.91. The summed E-state index contributed by atoms with van der Waals surface area (Å²) in [6.45, 7) is 13.4. The minimum atomic E-state index is -0.417. The van der Waals surface area contributed by atoms with Crippen LogP contribution in [-0.2, 0) is 0 Å². The second-order valence-electron chi connectivity index (χ2n) is 10.5. The van der Waals surface area contributed by atoms with E-state index in [1.54, 1.807) is 31.5 Å². The van der Waals surface area contributed by atoms with Crippen molar-refractivity contribution in [1.82, 2.24) is 25.5 Å². The number of carbonyl (C=O) groups is 2. The largest absolute Gasteiger partial charge is 0.495 e. The summed E-state index contributed by atoms with van der Waals surface area (Å²) in [5.74, 6) is 0.739. The summed E-state index contributed by atoms with van der Waals surface area (Å²) >= 11 is 0. The van der Waals surface area contributed by atoms with Crippen molar-refractivity contribution in [2.24, 2.45) is 0 Å². The van der Waals surface area contributed by atoms with E-state index in [0.717, 1.165) is 36.5 Å². The summed E-state index contributed by atoms with van der Waals surface area (Å²) in [5, 5.41) is 9.19. The van der Waals surface area contributed by atoms with Crippen molar-refractivity contribution in [1.29, 1.82) is 0 Å². The Morgan fingerprint density at radius 2 is 1.88 bits per heavy atom. The number of benzene rings is 1. The average molecular weight is 561 g/mol. The van der Waals surface area contributed by atoms with Gasteiger partial charge in [0.25, 0.3) is 11.8 Å². The van der Waals surface area contributed by atoms with E-state index in [4.69, 9.17) is 9.47 Å². The number of aryl methyl sites for hydroxylation is 3. The normalized spacial score (nSPS) is 16.1. The Hall–Kier alpha value is -4.02. The van der Waals surface area contributed by atoms with Crippen LogP contribution in [0.15, 0.2) is 42.7 Å². The Morgan fingerprint density at radius 3 is 2.54 bits per heavy atom. The highest BCUT2D eigenvalue weighted by Gasteiger charge is 2.26. The lowest BCUT2D eigenvalue weighted by Gasteiger charge is -2.34. The maximum Gasteiger partial charge on any atom is 0.257 e. The molecule has 1 unspecified atom stereocenters. The number of hydrogen-bond donors (Lipinski definition) is 3. The van der Waals surface area contributed by atoms with Gasteiger partial charge in [0.05, 0.1) is 24.6 Å². The zero-order chi connectivity index (χ0) is 29.5. The van der Waals surface area contributed by atoms with Crippen molar-refractivity contribution < 1.29 is 19.1 Å². The molecular formula is C31H40N6O4. The van der Waals surface area contributed by atoms with Crippen LogP contribution in [0.3, 0.4) is 0 Å². The van der Waals surface area contributed by atoms with Gasteiger partial charge in [0.2, 0.25) is 0 Å². The molecule has 3 heterocycles. The molecule has 1 fully saturated rings. The second-order valence-corrected chi connectivity index (χ2v) is 10.5. The van der Waals surface area contributed by atoms with Crippen LogP contribution in [0.5, 0.6) is 11.5 Å². The molecule has 2 amide bonds. The van der Waals surface area contributed by atoms with Gasteiger partial charge in [0.15, 0.2) is 6.10 Å². The number of methoxy groups -OCH3 is 1. The van der Waals surface area contributed by atoms with Crippen LogP contribution < -0.4 is 25.4 Å². The van der Waals surface area contributed by atoms with Gasteiger partial charge in [-0.15, -0.1) is 0 Å². The molecule has 41 heavy (non-hydrogen) atoms. The fourth-order valence-electron chi connectivity index (χ4n) is 4.85. The smallest absolute Gasteiger partial charge is 0.257 e. The van der Waals surface area contributed by atoms with Gasteiger partial charge in [0.1, 0.15) is 17.3 Å². The zero-order valence-corrected chi connectivity index (χ0v) is 24.7. The number of rotatable bonds is 10. The predicted molar refractivity (Wildman–Crippen MR) is 159 cm³/mol. The SMILES string of the molecule is CCNC(=O)c1cc(C(=O)Nc2ncc(OC)cc2C)c(C)cc1O[C@H](CN1CCNC(C)C1)c1ccc(C)cn1. The highest BCUT2D eigenvalue weighted by atomic mass is 16.5. The fraction of sp³-hybridized carbons (Fsp3) is 0.419. The van der Waals surface area contributed by atoms with Crippen LogP contribution in [0.4, 0.5) is 5.82 Å². The second kappa shape index (κ2) is 13.6. The highest BCUT2D eigenvalue weighted by Crippen LogP contribution is 2.30. The third-order valence-corrected chi connectivity index (χ3v) is 7.08. The number of piperazine rings is 1. The van der Waals surface area contributed by atoms with E-state index >= 15 is 0 Å². The van der Waals surface area contributed by atoms with Crippen LogP contribution in [0.1, 0.15) is 63.1 Å². The first-order chi connectivity index (χ1) is 19.7. The molecule has 0 aliphatic carbocycles. The van der Waals surface area contributed by atoms with Crippen molar-refractivity contribution in [3.8, 4) is 11.5 Å². The molecule has 10 nitrogen and oxygen atoms in total. The lowest BCUT2D eigenvalue weighted by atomic mass is 10.0. The Bertz CT molecular complexity index is 1380. The monoisotopic (exact) mass is 560 g/mol. The summed E-state index contributed by atoms with van der Waals surface area (Å²) in [6, 6.07) is 9.50. The van der Waals surface area contributed by atoms with E-state index in [2.05, 4.69) is 37.7 Å². The van der Waals surface area contributed by atoms with Crippen molar-refractivity contribution in [2.45, 2.75) is 46.8 Å². The summed E-state index contributed by atoms with van der Waals surface area (Å²) in [4.78, 5) is 37.9. The van der Waals surface area contributed by atoms with Crippen LogP contribution in [-0.4, -0.2) is 72.6 Å². The van der Waals surface area contributed by atoms with Crippen LogP contribution >= 0.6 is 0 Å². The fourth-order valence-corrected chi connectivity index (χ4v) is 4.85. The first-order valence-electron chi connectivity index (χ1n) is 14.0. The molecule has 2 aromatic heterocycles. The van der Waals surface area contributed by atoms with Crippen LogP contribution in [0.2, 0.25) is 0 Å². The van der Waals surface area contributed by atoms with Gasteiger partial charge in [-0.2, -0.15) is 0 Å². The Labute approximate surface area is 241 Å². The molecule has 218 valence electrons. The van der Waals surface area contributed by atoms with Crippen molar-refractivity contribution in [3.63, 3.8) is 0 Å². The first-order valence-corrected chi connectivity index (χ1v) is 14.0. The third kappa shape index (κ3) is 7.59. The van der Waals surface area contributed by atoms with Gasteiger partial charge in [-0.25, -0.2) is 4.98 Å². The molecule has 10 heteroatoms. The molecule has 1 saturated heterocycles. The molecular weight excluding hydrogens is 520 g/mol. The van der Waals surface area contributed by atoms with Gasteiger partial charge < -0.3 is 25.4 Å². The van der Waals surface area contributed by atoms with Gasteiger partial charge in [0, 0.05) is 50.5 Å². The predicted octanol–water partition coefficient (Wildman–Crippen LogP) is 3.83. The van der Waals surface area contributed by atoms with Gasteiger partial charge in [-0.05, 0) is 75.6 Å². The Balaban J connectivity index is 1.67. The Morgan fingerprint density at radius 1 is 1.07 bits per heavy atom. The van der Waals surface area contributed by atoms with E-state index in [9.17, 15) is 9.59 Å². The quantitative estimate of drug-likeness (QED) is 0.343. The van der Waals surface area contributed by atoms with Crippen molar-refractivity contribution in [2.75, 3.05) is 45.2 Å². The first kappa shape index (κ1) is 30.0. The van der Waals surface area contributed by atoms with Gasteiger partial charge in [-0.3, -0.25) is 19.5 Å². The van der Waals surface area contributed by atoms with Crippen LogP contribution in [0.25, 0.3) is 0 Å². The third-order valence-electron chi connectivity index (χ3n) is 7.08. The minimum absolute atomic E-state index is 0.285. The number of nitrogens with zero attached hydrogens (tertiary/aromatic N) is 3. The lowest BCUT2D eigenvalue weighted by Crippen LogP contribution is -2.50. The van der Waals surface area contributed by atoms with E-state index in [0.29, 0.717) is 47.6 Å². The van der Waals surface area contributed by atoms with Gasteiger partial charge >= 0.3 is 0 Å². The number of carbonyl (C=O) groups excluding carboxylic acids is 2. The standard InChI is InChI=1S/C31H40N6O4/c1-7-32-30(38)25-14-24(31(39)36-29-21(4)12-23(40-6)16-35-29)20(3)13-27(25)41-28(26-9-8-19(2)15-34-26)18-37-11-10-33-22(5)17-37/h8-9,12-16,22,28,33H,7,10-11,17-18H2,1-6H3,(H,32,38)(H,35,36,39)/t22?,28-/m1/s1. The maximum absolute atomic E-state index is 13.4. The van der Waals surface area contributed by atoms with E-state index in [1.807, 2.05) is 46.0 Å². The van der Waals surface area contributed by atoms with E-state index < -0.39 is 6.10 Å². The zero-order valence-electron chi connectivity index (χ0n) is 24.7. The average Bonchev–Trinajstić information content (AvgIpc) is 2.94. The molecule has 4 rings (SSSR count). The molecule has 1 aromatic carbocycles. The molecule has 0 saturated carbocycles. The highest BCUT2D eigenvalue weighted by molar-refractivity contribution is 6.07. The number of aromatic nitrogens is 2. The van der Waals surface area contributed by atoms with Gasteiger partial charge in [-0.1, -0.05) is 6.07 Å². The number of nitrogens with one attached hydrogen (secondary N) is 3. The maximum atomic E-state index is 13.4. The lowest BCUT2D eigenvalue weighted by molar-refractivity contribution is 0.0929. The topological polar surface area (TPSA) is 118 Å². The number of pyridine rings is 2. The number of amides is 2. The molecule has 1 aliphatic heterocycles. The summed E-state index contributed by atoms with van der Waals surface area (Å²) in [6.07, 6.45) is 2.95. The number of hydrogen-bond acceptors (Lipinski definition) is 8. The van der Waals surface area contributed by atoms with Crippen LogP contribution in [0, 0.1) is 20.8 Å². The summed E-state index contributed by atoms with van der Waals surface area (Å²) in [5.41, 5.74) is 3.91. The van der Waals surface area contributed by atoms with Crippen molar-refractivity contribution >= 4 is 17.6 Å². The molecule has 0 bridgehead atoms.